The molecule has 3 heterocycles. The number of carbonyl (C=O) groups is 3. The van der Waals surface area contributed by atoms with Crippen LogP contribution in [-0.4, -0.2) is 47.1 Å². The van der Waals surface area contributed by atoms with E-state index in [2.05, 4.69) is 10.4 Å². The van der Waals surface area contributed by atoms with E-state index in [9.17, 15) is 14.4 Å². The third-order valence-electron chi connectivity index (χ3n) is 6.73. The Morgan fingerprint density at radius 3 is 2.50 bits per heavy atom. The second kappa shape index (κ2) is 9.33. The van der Waals surface area contributed by atoms with Gasteiger partial charge < -0.3 is 14.5 Å². The summed E-state index contributed by atoms with van der Waals surface area (Å²) in [5.74, 6) is 0.343. The Balaban J connectivity index is 1.42. The Labute approximate surface area is 208 Å². The van der Waals surface area contributed by atoms with Crippen molar-refractivity contribution in [1.82, 2.24) is 15.2 Å². The highest BCUT2D eigenvalue weighted by Gasteiger charge is 2.52. The van der Waals surface area contributed by atoms with Gasteiger partial charge in [0.15, 0.2) is 0 Å². The monoisotopic (exact) mass is 486 g/mol. The quantitative estimate of drug-likeness (QED) is 0.511. The van der Waals surface area contributed by atoms with E-state index in [4.69, 9.17) is 9.15 Å². The van der Waals surface area contributed by atoms with Crippen molar-refractivity contribution in [3.63, 3.8) is 0 Å². The number of hydrazone groups is 1. The third-order valence-corrected chi connectivity index (χ3v) is 6.73. The summed E-state index contributed by atoms with van der Waals surface area (Å²) in [6.07, 6.45) is 2.32. The van der Waals surface area contributed by atoms with E-state index in [0.717, 1.165) is 10.5 Å². The predicted molar refractivity (Wildman–Crippen MR) is 131 cm³/mol. The van der Waals surface area contributed by atoms with Crippen LogP contribution in [0.5, 0.6) is 5.75 Å². The molecule has 2 aromatic carbocycles. The van der Waals surface area contributed by atoms with Crippen LogP contribution >= 0.6 is 0 Å². The smallest absolute Gasteiger partial charge is 0.325 e. The van der Waals surface area contributed by atoms with Gasteiger partial charge in [-0.1, -0.05) is 37.3 Å². The molecule has 36 heavy (non-hydrogen) atoms. The van der Waals surface area contributed by atoms with E-state index in [1.165, 1.54) is 11.3 Å². The van der Waals surface area contributed by atoms with Crippen molar-refractivity contribution in [3.8, 4) is 5.75 Å². The Hall–Kier alpha value is -4.40. The van der Waals surface area contributed by atoms with Crippen LogP contribution in [0.15, 0.2) is 82.5 Å². The molecular weight excluding hydrogens is 460 g/mol. The van der Waals surface area contributed by atoms with Gasteiger partial charge in [-0.3, -0.25) is 14.5 Å². The Kier molecular flexibility index (Phi) is 6.05. The van der Waals surface area contributed by atoms with Gasteiger partial charge in [0.1, 0.15) is 29.6 Å². The zero-order chi connectivity index (χ0) is 25.3. The van der Waals surface area contributed by atoms with Crippen molar-refractivity contribution < 1.29 is 23.5 Å². The molecule has 2 atom stereocenters. The molecule has 9 heteroatoms. The van der Waals surface area contributed by atoms with Gasteiger partial charge in [0.2, 0.25) is 0 Å². The fourth-order valence-electron chi connectivity index (χ4n) is 4.74. The highest BCUT2D eigenvalue weighted by atomic mass is 16.5. The summed E-state index contributed by atoms with van der Waals surface area (Å²) in [4.78, 5) is 40.8. The number of imide groups is 1. The predicted octanol–water partition coefficient (Wildman–Crippen LogP) is 3.82. The molecule has 0 unspecified atom stereocenters. The summed E-state index contributed by atoms with van der Waals surface area (Å²) < 4.78 is 10.8. The first-order chi connectivity index (χ1) is 17.5. The number of nitrogens with zero attached hydrogens (tertiary/aromatic N) is 3. The van der Waals surface area contributed by atoms with Crippen LogP contribution in [0, 0.1) is 0 Å². The Morgan fingerprint density at radius 2 is 1.86 bits per heavy atom. The number of carbonyl (C=O) groups excluding carboxylic acids is 3. The molecule has 1 fully saturated rings. The first-order valence-corrected chi connectivity index (χ1v) is 11.7. The fraction of sp³-hybridized carbons (Fsp3) is 0.259. The van der Waals surface area contributed by atoms with Gasteiger partial charge in [0.05, 0.1) is 19.1 Å². The van der Waals surface area contributed by atoms with Gasteiger partial charge >= 0.3 is 6.03 Å². The lowest BCUT2D eigenvalue weighted by Crippen LogP contribution is -2.45. The summed E-state index contributed by atoms with van der Waals surface area (Å²) in [5.41, 5.74) is 1.00. The number of amides is 4. The second-order valence-electron chi connectivity index (χ2n) is 8.70. The molecule has 5 rings (SSSR count). The number of benzene rings is 2. The molecule has 2 aliphatic heterocycles. The number of methoxy groups -OCH3 is 1. The minimum atomic E-state index is -1.21. The maximum absolute atomic E-state index is 13.5. The van der Waals surface area contributed by atoms with Gasteiger partial charge in [-0.15, -0.1) is 0 Å². The standard InChI is InChI=1S/C27H26N4O5/c1-3-27(19-8-5-4-6-9-19)25(33)30(26(34)28-27)17-24(32)31-22(23-10-7-15-36-23)16-21(29-31)18-11-13-20(35-2)14-12-18/h4-15,22H,3,16-17H2,1-2H3,(H,28,34)/t22-,27+/m0/s1. The lowest BCUT2D eigenvalue weighted by molar-refractivity contribution is -0.140. The molecule has 4 amide bonds. The molecule has 0 aliphatic carbocycles. The first kappa shape index (κ1) is 23.3. The lowest BCUT2D eigenvalue weighted by atomic mass is 9.87. The van der Waals surface area contributed by atoms with E-state index in [-0.39, 0.29) is 0 Å². The minimum Gasteiger partial charge on any atom is -0.497 e. The number of hydrogen-bond donors (Lipinski definition) is 1. The average Bonchev–Trinajstić information content (AvgIpc) is 3.65. The van der Waals surface area contributed by atoms with Crippen molar-refractivity contribution in [1.29, 1.82) is 0 Å². The molecule has 3 aromatic rings. The van der Waals surface area contributed by atoms with Crippen molar-refractivity contribution in [2.45, 2.75) is 31.3 Å². The number of urea groups is 1. The molecular formula is C27H26N4O5. The molecule has 1 aromatic heterocycles. The third kappa shape index (κ3) is 3.92. The Morgan fingerprint density at radius 1 is 1.11 bits per heavy atom. The average molecular weight is 487 g/mol. The number of nitrogens with one attached hydrogen (secondary N) is 1. The topological polar surface area (TPSA) is 104 Å². The van der Waals surface area contributed by atoms with Crippen molar-refractivity contribution in [2.75, 3.05) is 13.7 Å². The van der Waals surface area contributed by atoms with Crippen LogP contribution in [0.4, 0.5) is 4.79 Å². The van der Waals surface area contributed by atoms with E-state index in [1.54, 1.807) is 31.4 Å². The summed E-state index contributed by atoms with van der Waals surface area (Å²) in [7, 11) is 1.59. The van der Waals surface area contributed by atoms with Gasteiger partial charge in [0.25, 0.3) is 11.8 Å². The summed E-state index contributed by atoms with van der Waals surface area (Å²) in [5, 5.41) is 8.71. The molecule has 184 valence electrons. The molecule has 9 nitrogen and oxygen atoms in total. The van der Waals surface area contributed by atoms with Gasteiger partial charge in [0, 0.05) is 6.42 Å². The van der Waals surface area contributed by atoms with Crippen LogP contribution in [-0.2, 0) is 15.1 Å². The van der Waals surface area contributed by atoms with Crippen molar-refractivity contribution in [3.05, 3.63) is 89.9 Å². The first-order valence-electron chi connectivity index (χ1n) is 11.7. The SMILES string of the molecule is CC[C@]1(c2ccccc2)NC(=O)N(CC(=O)N2N=C(c3ccc(OC)cc3)C[C@H]2c2ccco2)C1=O. The molecule has 1 N–H and O–H groups in total. The molecule has 2 aliphatic rings. The van der Waals surface area contributed by atoms with E-state index in [1.807, 2.05) is 49.4 Å². The van der Waals surface area contributed by atoms with E-state index >= 15 is 0 Å². The maximum atomic E-state index is 13.5. The normalized spacial score (nSPS) is 21.5. The zero-order valence-electron chi connectivity index (χ0n) is 20.0. The van der Waals surface area contributed by atoms with E-state index in [0.29, 0.717) is 35.6 Å². The second-order valence-corrected chi connectivity index (χ2v) is 8.70. The maximum Gasteiger partial charge on any atom is 0.325 e. The van der Waals surface area contributed by atoms with Crippen molar-refractivity contribution in [2.24, 2.45) is 5.10 Å². The Bertz CT molecular complexity index is 1300. The number of ether oxygens (including phenoxy) is 1. The summed E-state index contributed by atoms with van der Waals surface area (Å²) in [6.45, 7) is 1.39. The van der Waals surface area contributed by atoms with Crippen LogP contribution in [0.1, 0.15) is 42.7 Å². The van der Waals surface area contributed by atoms with Gasteiger partial charge in [-0.2, -0.15) is 5.10 Å². The van der Waals surface area contributed by atoms with E-state index < -0.39 is 36.0 Å². The highest BCUT2D eigenvalue weighted by molar-refractivity contribution is 6.10. The molecule has 0 radical (unpaired) electrons. The van der Waals surface area contributed by atoms with Crippen LogP contribution in [0.3, 0.4) is 0 Å². The van der Waals surface area contributed by atoms with Crippen molar-refractivity contribution >= 4 is 23.6 Å². The number of furan rings is 1. The zero-order valence-corrected chi connectivity index (χ0v) is 20.0. The molecule has 0 bridgehead atoms. The van der Waals surface area contributed by atoms with Crippen LogP contribution in [0.25, 0.3) is 0 Å². The van der Waals surface area contributed by atoms with Crippen LogP contribution in [0.2, 0.25) is 0 Å². The van der Waals surface area contributed by atoms with Gasteiger partial charge in [-0.25, -0.2) is 9.80 Å². The number of rotatable bonds is 7. The summed E-state index contributed by atoms with van der Waals surface area (Å²) >= 11 is 0. The highest BCUT2D eigenvalue weighted by Crippen LogP contribution is 2.35. The lowest BCUT2D eigenvalue weighted by Gasteiger charge is -2.26. The van der Waals surface area contributed by atoms with Gasteiger partial charge in [-0.05, 0) is 53.9 Å². The molecule has 0 spiro atoms. The minimum absolute atomic E-state index is 0.352. The molecule has 0 saturated carbocycles. The number of hydrogen-bond acceptors (Lipinski definition) is 6. The van der Waals surface area contributed by atoms with Crippen LogP contribution < -0.4 is 10.1 Å². The fourth-order valence-corrected chi connectivity index (χ4v) is 4.74. The molecule has 1 saturated heterocycles. The summed E-state index contributed by atoms with van der Waals surface area (Å²) in [6, 6.07) is 18.9. The largest absolute Gasteiger partial charge is 0.497 e.